The predicted molar refractivity (Wildman–Crippen MR) is 199 cm³/mol. The van der Waals surface area contributed by atoms with Gasteiger partial charge in [0.05, 0.1) is 13.7 Å². The Balaban J connectivity index is 1.52. The van der Waals surface area contributed by atoms with Crippen LogP contribution in [-0.4, -0.2) is 58.1 Å². The second-order valence-electron chi connectivity index (χ2n) is 14.0. The number of amides is 1. The monoisotopic (exact) mass is 741 g/mol. The first-order valence-corrected chi connectivity index (χ1v) is 17.9. The van der Waals surface area contributed by atoms with Crippen molar-refractivity contribution in [3.63, 3.8) is 0 Å². The number of carbonyl (C=O) groups is 3. The Morgan fingerprint density at radius 3 is 2.11 bits per heavy atom. The van der Waals surface area contributed by atoms with Gasteiger partial charge in [0.25, 0.3) is 0 Å². The number of benzene rings is 3. The van der Waals surface area contributed by atoms with Crippen LogP contribution >= 0.6 is 0 Å². The lowest BCUT2D eigenvalue weighted by Gasteiger charge is -2.42. The highest BCUT2D eigenvalue weighted by atomic mass is 16.6. The number of carbonyl (C=O) groups excluding carboxylic acids is 2. The van der Waals surface area contributed by atoms with Crippen LogP contribution in [0.2, 0.25) is 0 Å². The molecule has 13 nitrogen and oxygen atoms in total. The van der Waals surface area contributed by atoms with Gasteiger partial charge in [-0.15, -0.1) is 0 Å². The highest BCUT2D eigenvalue weighted by Crippen LogP contribution is 2.50. The molecule has 0 radical (unpaired) electrons. The third-order valence-corrected chi connectivity index (χ3v) is 8.99. The van der Waals surface area contributed by atoms with Gasteiger partial charge in [-0.05, 0) is 68.5 Å². The van der Waals surface area contributed by atoms with Gasteiger partial charge in [0.2, 0.25) is 0 Å². The molecule has 1 aliphatic rings. The van der Waals surface area contributed by atoms with Crippen molar-refractivity contribution in [3.8, 4) is 5.75 Å². The van der Waals surface area contributed by atoms with Gasteiger partial charge in [-0.3, -0.25) is 19.5 Å². The molecule has 4 aromatic rings. The lowest BCUT2D eigenvalue weighted by atomic mass is 9.72. The van der Waals surface area contributed by atoms with Gasteiger partial charge < -0.3 is 28.8 Å². The number of esters is 1. The summed E-state index contributed by atoms with van der Waals surface area (Å²) in [4.78, 5) is 53.9. The number of ether oxygens (including phenoxy) is 5. The number of anilines is 1. The Bertz CT molecular complexity index is 1870. The molecule has 0 aliphatic carbocycles. The third-order valence-electron chi connectivity index (χ3n) is 8.99. The van der Waals surface area contributed by atoms with Crippen LogP contribution in [0.15, 0.2) is 102 Å². The first-order chi connectivity index (χ1) is 25.9. The summed E-state index contributed by atoms with van der Waals surface area (Å²) in [5, 5.41) is 11.5. The Kier molecular flexibility index (Phi) is 13.2. The van der Waals surface area contributed by atoms with Crippen molar-refractivity contribution in [1.29, 1.82) is 0 Å². The maximum atomic E-state index is 13.5. The van der Waals surface area contributed by atoms with E-state index < -0.39 is 53.2 Å². The van der Waals surface area contributed by atoms with E-state index in [1.165, 1.54) is 16.8 Å². The molecule has 2 N–H and O–H groups in total. The number of hydrogen-bond donors (Lipinski definition) is 2. The average Bonchev–Trinajstić information content (AvgIpc) is 3.57. The summed E-state index contributed by atoms with van der Waals surface area (Å²) >= 11 is 0. The van der Waals surface area contributed by atoms with E-state index in [4.69, 9.17) is 28.8 Å². The van der Waals surface area contributed by atoms with Gasteiger partial charge >= 0.3 is 23.7 Å². The first-order valence-electron chi connectivity index (χ1n) is 17.9. The average molecular weight is 742 g/mol. The minimum Gasteiger partial charge on any atom is -0.497 e. The van der Waals surface area contributed by atoms with E-state index in [-0.39, 0.29) is 38.3 Å². The molecule has 1 saturated heterocycles. The number of carboxylic acids is 1. The molecular weight excluding hydrogens is 694 g/mol. The fraction of sp³-hybridized carbons (Fsp3) is 0.390. The topological polar surface area (TPSA) is 165 Å². The lowest BCUT2D eigenvalue weighted by molar-refractivity contribution is -0.154. The molecule has 1 aliphatic heterocycles. The molecule has 0 bridgehead atoms. The first kappa shape index (κ1) is 39.7. The molecule has 0 spiro atoms. The molecule has 5 rings (SSSR count). The standard InChI is InChI=1S/C41H47N3O10/c1-40(2,3)54-39(49)43-34-23-24-44(38(48)42-34)35-25-32(33(53-35)27-51-37(47)18-12-11-17-36(45)46)41(29-13-7-5-8-14-29,30-15-9-6-10-16-30)52-26-28-19-21-31(50-4)22-20-28/h5-10,13-16,19-24,32-33,35H,11-12,17-18,25-27H2,1-4H3,(H,45,46)(H,42,43,48,49). The van der Waals surface area contributed by atoms with Crippen molar-refractivity contribution in [2.45, 2.75) is 83.0 Å². The zero-order valence-corrected chi connectivity index (χ0v) is 30.9. The van der Waals surface area contributed by atoms with Gasteiger partial charge in [0, 0.05) is 31.4 Å². The summed E-state index contributed by atoms with van der Waals surface area (Å²) in [5.41, 5.74) is -0.0572. The van der Waals surface area contributed by atoms with Gasteiger partial charge in [0.1, 0.15) is 41.7 Å². The zero-order valence-electron chi connectivity index (χ0n) is 30.9. The number of carboxylic acid groups (broad SMARTS) is 1. The number of nitrogens with one attached hydrogen (secondary N) is 1. The highest BCUT2D eigenvalue weighted by Gasteiger charge is 2.53. The van der Waals surface area contributed by atoms with E-state index in [0.717, 1.165) is 16.7 Å². The molecule has 1 aromatic heterocycles. The van der Waals surface area contributed by atoms with E-state index in [0.29, 0.717) is 18.6 Å². The van der Waals surface area contributed by atoms with Crippen molar-refractivity contribution in [1.82, 2.24) is 9.55 Å². The molecule has 1 amide bonds. The van der Waals surface area contributed by atoms with Crippen LogP contribution in [0, 0.1) is 5.92 Å². The Morgan fingerprint density at radius 1 is 0.907 bits per heavy atom. The SMILES string of the molecule is COc1ccc(COC(c2ccccc2)(c2ccccc2)C2CC(n3ccc(NC(=O)OC(C)(C)C)nc3=O)OC2COC(=O)CCCCC(=O)O)cc1. The van der Waals surface area contributed by atoms with E-state index in [9.17, 15) is 19.2 Å². The van der Waals surface area contributed by atoms with E-state index in [1.54, 1.807) is 27.9 Å². The summed E-state index contributed by atoms with van der Waals surface area (Å²) < 4.78 is 31.5. The van der Waals surface area contributed by atoms with E-state index >= 15 is 0 Å². The summed E-state index contributed by atoms with van der Waals surface area (Å²) in [5.74, 6) is -1.23. The summed E-state index contributed by atoms with van der Waals surface area (Å²) in [7, 11) is 1.60. The molecule has 2 heterocycles. The lowest BCUT2D eigenvalue weighted by Crippen LogP contribution is -2.44. The fourth-order valence-electron chi connectivity index (χ4n) is 6.54. The maximum absolute atomic E-state index is 13.5. The Morgan fingerprint density at radius 2 is 1.54 bits per heavy atom. The molecular formula is C41H47N3O10. The maximum Gasteiger partial charge on any atom is 0.413 e. The predicted octanol–water partition coefficient (Wildman–Crippen LogP) is 6.85. The van der Waals surface area contributed by atoms with Crippen LogP contribution in [-0.2, 0) is 40.7 Å². The minimum atomic E-state index is -1.18. The second kappa shape index (κ2) is 18.0. The quantitative estimate of drug-likeness (QED) is 0.0912. The van der Waals surface area contributed by atoms with Gasteiger partial charge in [-0.2, -0.15) is 4.98 Å². The summed E-state index contributed by atoms with van der Waals surface area (Å²) in [6.45, 7) is 5.21. The molecule has 0 saturated carbocycles. The highest BCUT2D eigenvalue weighted by molar-refractivity contribution is 5.83. The minimum absolute atomic E-state index is 0.0131. The molecule has 286 valence electrons. The fourth-order valence-corrected chi connectivity index (χ4v) is 6.54. The van der Waals surface area contributed by atoms with Gasteiger partial charge in [-0.1, -0.05) is 72.8 Å². The largest absolute Gasteiger partial charge is 0.497 e. The van der Waals surface area contributed by atoms with Crippen LogP contribution < -0.4 is 15.7 Å². The van der Waals surface area contributed by atoms with Crippen LogP contribution in [0.5, 0.6) is 5.75 Å². The third kappa shape index (κ3) is 10.3. The van der Waals surface area contributed by atoms with Gasteiger partial charge in [0.15, 0.2) is 0 Å². The molecule has 13 heteroatoms. The summed E-state index contributed by atoms with van der Waals surface area (Å²) in [6, 6.07) is 28.5. The Hall–Kier alpha value is -5.53. The number of aromatic nitrogens is 2. The van der Waals surface area contributed by atoms with E-state index in [1.807, 2.05) is 84.9 Å². The zero-order chi connectivity index (χ0) is 38.7. The molecule has 1 fully saturated rings. The Labute approximate surface area is 314 Å². The van der Waals surface area contributed by atoms with Crippen molar-refractivity contribution in [2.24, 2.45) is 5.92 Å². The van der Waals surface area contributed by atoms with Crippen molar-refractivity contribution < 1.29 is 43.2 Å². The number of hydrogen-bond acceptors (Lipinski definition) is 10. The molecule has 54 heavy (non-hydrogen) atoms. The normalized spacial score (nSPS) is 17.1. The smallest absolute Gasteiger partial charge is 0.413 e. The van der Waals surface area contributed by atoms with Crippen molar-refractivity contribution in [2.75, 3.05) is 19.0 Å². The number of unbranched alkanes of at least 4 members (excludes halogenated alkanes) is 1. The number of aliphatic carboxylic acids is 1. The van der Waals surface area contributed by atoms with Crippen LogP contribution in [0.25, 0.3) is 0 Å². The second-order valence-corrected chi connectivity index (χ2v) is 14.0. The van der Waals surface area contributed by atoms with Crippen LogP contribution in [0.1, 0.15) is 75.8 Å². The van der Waals surface area contributed by atoms with E-state index in [2.05, 4.69) is 10.3 Å². The number of methoxy groups -OCH3 is 1. The summed E-state index contributed by atoms with van der Waals surface area (Å²) in [6.07, 6.45) is 0.0458. The molecule has 3 atom stereocenters. The van der Waals surface area contributed by atoms with Crippen LogP contribution in [0.4, 0.5) is 10.6 Å². The number of nitrogens with zero attached hydrogens (tertiary/aromatic N) is 2. The van der Waals surface area contributed by atoms with Crippen molar-refractivity contribution >= 4 is 23.8 Å². The van der Waals surface area contributed by atoms with Crippen LogP contribution in [0.3, 0.4) is 0 Å². The molecule has 3 unspecified atom stereocenters. The number of rotatable bonds is 16. The van der Waals surface area contributed by atoms with Gasteiger partial charge in [-0.25, -0.2) is 9.59 Å². The van der Waals surface area contributed by atoms with Crippen molar-refractivity contribution in [3.05, 3.63) is 124 Å². The molecule has 3 aromatic carbocycles.